The lowest BCUT2D eigenvalue weighted by Gasteiger charge is -2.59. The van der Waals surface area contributed by atoms with Crippen LogP contribution in [-0.4, -0.2) is 78.8 Å². The fourth-order valence-electron chi connectivity index (χ4n) is 8.42. The van der Waals surface area contributed by atoms with Crippen LogP contribution < -0.4 is 9.47 Å². The van der Waals surface area contributed by atoms with Gasteiger partial charge in [-0.1, -0.05) is 80.1 Å². The van der Waals surface area contributed by atoms with Crippen molar-refractivity contribution < 1.29 is 38.8 Å². The van der Waals surface area contributed by atoms with Crippen molar-refractivity contribution in [2.24, 2.45) is 22.9 Å². The molecule has 2 aromatic rings. The third-order valence-electron chi connectivity index (χ3n) is 10.5. The van der Waals surface area contributed by atoms with Gasteiger partial charge in [-0.05, 0) is 73.3 Å². The molecule has 0 aromatic heterocycles. The van der Waals surface area contributed by atoms with E-state index in [1.807, 2.05) is 49.4 Å². The average Bonchev–Trinajstić information content (AvgIpc) is 3.16. The van der Waals surface area contributed by atoms with Gasteiger partial charge in [0.2, 0.25) is 5.79 Å². The molecule has 0 bridgehead atoms. The summed E-state index contributed by atoms with van der Waals surface area (Å²) in [4.78, 5) is 21.5. The van der Waals surface area contributed by atoms with E-state index < -0.39 is 23.8 Å². The summed E-state index contributed by atoms with van der Waals surface area (Å²) < 4.78 is 26.2. The number of carbonyl (C=O) groups excluding carboxylic acids is 1. The van der Waals surface area contributed by atoms with E-state index in [0.717, 1.165) is 48.1 Å². The minimum Gasteiger partial charge on any atom is -0.490 e. The van der Waals surface area contributed by atoms with Crippen molar-refractivity contribution in [3.63, 3.8) is 0 Å². The van der Waals surface area contributed by atoms with Gasteiger partial charge in [0.1, 0.15) is 37.9 Å². The van der Waals surface area contributed by atoms with Gasteiger partial charge in [-0.25, -0.2) is 4.79 Å². The van der Waals surface area contributed by atoms with Gasteiger partial charge in [0.15, 0.2) is 0 Å². The topological polar surface area (TPSA) is 119 Å². The van der Waals surface area contributed by atoms with Gasteiger partial charge in [-0.15, -0.1) is 6.58 Å². The van der Waals surface area contributed by atoms with Crippen LogP contribution in [0.4, 0.5) is 4.79 Å². The summed E-state index contributed by atoms with van der Waals surface area (Å²) in [6, 6.07) is 14.9. The summed E-state index contributed by atoms with van der Waals surface area (Å²) in [6.07, 6.45) is 11.1. The lowest BCUT2D eigenvalue weighted by molar-refractivity contribution is -0.255. The summed E-state index contributed by atoms with van der Waals surface area (Å²) in [7, 11) is 1.54. The van der Waals surface area contributed by atoms with Gasteiger partial charge in [0, 0.05) is 37.7 Å². The maximum absolute atomic E-state index is 14.3. The predicted octanol–water partition coefficient (Wildman–Crippen LogP) is 7.56. The monoisotopic (exact) mass is 716 g/mol. The Morgan fingerprint density at radius 3 is 2.48 bits per heavy atom. The molecule has 5 rings (SSSR count). The number of hydrogen-bond donors (Lipinski definition) is 2. The predicted molar refractivity (Wildman–Crippen MR) is 201 cm³/mol. The zero-order valence-corrected chi connectivity index (χ0v) is 30.8. The molecular weight excluding hydrogens is 660 g/mol. The van der Waals surface area contributed by atoms with Crippen LogP contribution in [-0.2, 0) is 20.9 Å². The Morgan fingerprint density at radius 1 is 1.04 bits per heavy atom. The number of benzene rings is 2. The van der Waals surface area contributed by atoms with Crippen LogP contribution in [0.25, 0.3) is 0 Å². The number of ether oxygens (including phenoxy) is 4. The number of oxime groups is 1. The van der Waals surface area contributed by atoms with Crippen molar-refractivity contribution in [1.82, 2.24) is 4.90 Å². The number of unbranched alkanes of at least 4 members (excludes halogenated alkanes) is 2. The fraction of sp³-hybridized carbons (Fsp3) is 0.524. The van der Waals surface area contributed by atoms with E-state index in [4.69, 9.17) is 23.8 Å². The first-order valence-corrected chi connectivity index (χ1v) is 18.8. The second-order valence-electron chi connectivity index (χ2n) is 13.8. The highest BCUT2D eigenvalue weighted by atomic mass is 16.7. The van der Waals surface area contributed by atoms with E-state index in [1.54, 1.807) is 24.2 Å². The van der Waals surface area contributed by atoms with Crippen molar-refractivity contribution in [3.05, 3.63) is 96.6 Å². The first-order chi connectivity index (χ1) is 25.5. The number of amides is 1. The molecule has 3 aliphatic rings. The molecule has 1 heterocycles. The zero-order valence-electron chi connectivity index (χ0n) is 30.8. The van der Waals surface area contributed by atoms with E-state index in [1.165, 1.54) is 0 Å². The first kappa shape index (κ1) is 39.1. The van der Waals surface area contributed by atoms with Gasteiger partial charge in [0.05, 0.1) is 18.2 Å². The van der Waals surface area contributed by atoms with Crippen LogP contribution in [0.3, 0.4) is 0 Å². The first-order valence-electron chi connectivity index (χ1n) is 18.8. The second kappa shape index (κ2) is 19.1. The largest absolute Gasteiger partial charge is 0.490 e. The number of rotatable bonds is 20. The average molecular weight is 717 g/mol. The molecular formula is C42H56N2O8. The van der Waals surface area contributed by atoms with E-state index >= 15 is 0 Å². The summed E-state index contributed by atoms with van der Waals surface area (Å²) in [5, 5.41) is 24.2. The van der Waals surface area contributed by atoms with Crippen molar-refractivity contribution in [3.8, 4) is 11.5 Å². The van der Waals surface area contributed by atoms with E-state index in [9.17, 15) is 15.0 Å². The maximum atomic E-state index is 14.3. The molecule has 0 saturated heterocycles. The Morgan fingerprint density at radius 2 is 1.79 bits per heavy atom. The summed E-state index contributed by atoms with van der Waals surface area (Å²) in [6.45, 7) is 11.2. The smallest absolute Gasteiger partial charge is 0.410 e. The minimum absolute atomic E-state index is 0.118. The van der Waals surface area contributed by atoms with Gasteiger partial charge in [0.25, 0.3) is 0 Å². The number of allylic oxidation sites excluding steroid dienone is 1. The zero-order chi connectivity index (χ0) is 36.9. The quantitative estimate of drug-likeness (QED) is 0.0819. The summed E-state index contributed by atoms with van der Waals surface area (Å²) in [5.41, 5.74) is 3.62. The molecule has 1 saturated carbocycles. The van der Waals surface area contributed by atoms with Crippen LogP contribution in [0.15, 0.2) is 90.6 Å². The number of hydrogen-bond acceptors (Lipinski definition) is 9. The number of aliphatic hydroxyl groups is 2. The molecule has 2 aliphatic carbocycles. The highest BCUT2D eigenvalue weighted by Crippen LogP contribution is 2.62. The number of fused-ring (bicyclic) bond motifs is 2. The van der Waals surface area contributed by atoms with Crippen LogP contribution in [0.5, 0.6) is 11.5 Å². The second-order valence-corrected chi connectivity index (χ2v) is 13.8. The standard InChI is InChI=1S/C42H56N2O8/c1-5-21-44(41(47)50-29-30-15-9-8-10-16-30)38-28-36(43-48-4)34-26-31(17-11-13-22-45)33(18-12-14-23-46)39-35-27-32(49-24-6-2)19-20-37(35)52-42(38,40(34)39)51-25-7-3/h6-10,15-16,19-20,26-27,31,33,38-40,45-46H,2-3,5,11-14,17-18,21-25,28-29H2,1,4H3/t31-,33+,38-,39+,40+,42+/m0/s1. The van der Waals surface area contributed by atoms with E-state index in [0.29, 0.717) is 50.3 Å². The highest BCUT2D eigenvalue weighted by molar-refractivity contribution is 6.02. The Kier molecular flexibility index (Phi) is 14.4. The minimum atomic E-state index is -1.33. The van der Waals surface area contributed by atoms with Gasteiger partial charge < -0.3 is 34.0 Å². The van der Waals surface area contributed by atoms with Gasteiger partial charge in [-0.3, -0.25) is 4.90 Å². The molecule has 1 amide bonds. The maximum Gasteiger partial charge on any atom is 0.410 e. The molecule has 0 radical (unpaired) electrons. The van der Waals surface area contributed by atoms with Crippen molar-refractivity contribution >= 4 is 11.8 Å². The van der Waals surface area contributed by atoms with Gasteiger partial charge >= 0.3 is 6.09 Å². The lowest BCUT2D eigenvalue weighted by atomic mass is 9.55. The van der Waals surface area contributed by atoms with Crippen LogP contribution >= 0.6 is 0 Å². The Bertz CT molecular complexity index is 1540. The Hall–Kier alpha value is -4.12. The van der Waals surface area contributed by atoms with Gasteiger partial charge in [-0.2, -0.15) is 0 Å². The molecule has 0 unspecified atom stereocenters. The Labute approximate surface area is 308 Å². The third-order valence-corrected chi connectivity index (χ3v) is 10.5. The molecule has 1 fully saturated rings. The molecule has 282 valence electrons. The number of nitrogens with zero attached hydrogens (tertiary/aromatic N) is 2. The van der Waals surface area contributed by atoms with Crippen LogP contribution in [0.2, 0.25) is 0 Å². The van der Waals surface area contributed by atoms with Crippen molar-refractivity contribution in [2.75, 3.05) is 40.1 Å². The van der Waals surface area contributed by atoms with Crippen molar-refractivity contribution in [2.45, 2.75) is 82.6 Å². The molecule has 2 N–H and O–H groups in total. The SMILES string of the molecule is C=CCOc1ccc2c(c1)[C@H]1[C@H](CCCCO)[C@@H](CCCCO)C=C3C(=NOC)C[C@H](N(CCC)C(=O)OCc4ccccc4)[C@@](OCC=C)(O2)[C@H]31. The molecule has 10 heteroatoms. The number of aliphatic hydroxyl groups excluding tert-OH is 2. The third kappa shape index (κ3) is 8.56. The highest BCUT2D eigenvalue weighted by Gasteiger charge is 2.65. The molecule has 0 spiro atoms. The molecule has 52 heavy (non-hydrogen) atoms. The summed E-state index contributed by atoms with van der Waals surface area (Å²) >= 11 is 0. The number of carbonyl (C=O) groups is 1. The molecule has 1 aliphatic heterocycles. The van der Waals surface area contributed by atoms with E-state index in [2.05, 4.69) is 30.5 Å². The van der Waals surface area contributed by atoms with E-state index in [-0.39, 0.29) is 44.2 Å². The molecule has 10 nitrogen and oxygen atoms in total. The Balaban J connectivity index is 1.71. The van der Waals surface area contributed by atoms with Crippen LogP contribution in [0.1, 0.15) is 75.3 Å². The molecule has 6 atom stereocenters. The van der Waals surface area contributed by atoms with Crippen molar-refractivity contribution in [1.29, 1.82) is 0 Å². The fourth-order valence-corrected chi connectivity index (χ4v) is 8.42. The lowest BCUT2D eigenvalue weighted by Crippen LogP contribution is -2.70. The summed E-state index contributed by atoms with van der Waals surface area (Å²) in [5.74, 6) is -0.216. The normalized spacial score (nSPS) is 25.2. The molecule has 2 aromatic carbocycles. The van der Waals surface area contributed by atoms with Crippen LogP contribution in [0, 0.1) is 17.8 Å².